The summed E-state index contributed by atoms with van der Waals surface area (Å²) >= 11 is 12.1. The zero-order chi connectivity index (χ0) is 20.5. The molecule has 1 fully saturated rings. The lowest BCUT2D eigenvalue weighted by Gasteiger charge is -2.38. The van der Waals surface area contributed by atoms with Gasteiger partial charge < -0.3 is 10.2 Å². The van der Waals surface area contributed by atoms with Crippen molar-refractivity contribution in [3.05, 3.63) is 63.4 Å². The Morgan fingerprint density at radius 1 is 1.21 bits per heavy atom. The van der Waals surface area contributed by atoms with Gasteiger partial charge in [-0.1, -0.05) is 29.3 Å². The molecule has 10 heteroatoms. The smallest absolute Gasteiger partial charge is 0.337 e. The summed E-state index contributed by atoms with van der Waals surface area (Å²) in [5.41, 5.74) is 0.0239. The third-order valence-corrected chi connectivity index (χ3v) is 5.68. The molecule has 29 heavy (non-hydrogen) atoms. The minimum Gasteiger partial charge on any atom is -0.337 e. The van der Waals surface area contributed by atoms with Gasteiger partial charge in [-0.25, -0.2) is 0 Å². The minimum atomic E-state index is -4.49. The summed E-state index contributed by atoms with van der Waals surface area (Å²) in [7, 11) is 1.64. The van der Waals surface area contributed by atoms with E-state index in [0.29, 0.717) is 29.2 Å². The third-order valence-electron chi connectivity index (χ3n) is 4.95. The van der Waals surface area contributed by atoms with Crippen LogP contribution < -0.4 is 5.32 Å². The molecule has 1 aliphatic heterocycles. The number of carbonyl (C=O) groups is 1. The number of aromatic nitrogens is 1. The van der Waals surface area contributed by atoms with Gasteiger partial charge in [0.2, 0.25) is 0 Å². The predicted molar refractivity (Wildman–Crippen MR) is 109 cm³/mol. The molecule has 0 spiro atoms. The topological polar surface area (TPSA) is 45.2 Å². The first-order valence-corrected chi connectivity index (χ1v) is 9.40. The normalized spacial score (nSPS) is 19.4. The summed E-state index contributed by atoms with van der Waals surface area (Å²) in [6.07, 6.45) is -3.12. The molecular weight excluding hydrogens is 450 g/mol. The predicted octanol–water partition coefficient (Wildman–Crippen LogP) is 5.05. The number of amides is 1. The second-order valence-electron chi connectivity index (χ2n) is 6.69. The summed E-state index contributed by atoms with van der Waals surface area (Å²) in [6.45, 7) is 1.36. The van der Waals surface area contributed by atoms with E-state index in [1.807, 2.05) is 6.07 Å². The fourth-order valence-corrected chi connectivity index (χ4v) is 3.72. The highest BCUT2D eigenvalue weighted by atomic mass is 35.5. The monoisotopic (exact) mass is 467 g/mol. The lowest BCUT2D eigenvalue weighted by atomic mass is 9.86. The van der Waals surface area contributed by atoms with Gasteiger partial charge >= 0.3 is 6.18 Å². The van der Waals surface area contributed by atoms with Gasteiger partial charge in [-0.05, 0) is 42.8 Å². The standard InChI is InChI=1S/C19H18Cl2F3N3O.ClH/c1-27(18(28)16-5-3-12(9-26-16)19(22,23)24)17-6-7-25-10-13(17)11-2-4-14(20)15(21)8-11;/h2-5,8-9,13,17,25H,6-7,10H2,1H3;1H/t13-,17+;/m0./s1. The van der Waals surface area contributed by atoms with Crippen LogP contribution in [-0.4, -0.2) is 42.0 Å². The van der Waals surface area contributed by atoms with Gasteiger partial charge in [-0.2, -0.15) is 13.2 Å². The fraction of sp³-hybridized carbons (Fsp3) is 0.368. The van der Waals surface area contributed by atoms with Crippen molar-refractivity contribution >= 4 is 41.5 Å². The number of likely N-dealkylation sites (N-methyl/N-ethyl adjacent to an activating group) is 1. The van der Waals surface area contributed by atoms with E-state index in [4.69, 9.17) is 23.2 Å². The second kappa shape index (κ2) is 9.51. The minimum absolute atomic E-state index is 0. The molecule has 1 aliphatic rings. The van der Waals surface area contributed by atoms with Crippen LogP contribution in [-0.2, 0) is 6.18 Å². The van der Waals surface area contributed by atoms with E-state index in [0.717, 1.165) is 24.2 Å². The average Bonchev–Trinajstić information content (AvgIpc) is 2.68. The summed E-state index contributed by atoms with van der Waals surface area (Å²) in [5.74, 6) is -0.461. The number of hydrogen-bond donors (Lipinski definition) is 1. The molecule has 1 amide bonds. The summed E-state index contributed by atoms with van der Waals surface area (Å²) < 4.78 is 38.1. The molecule has 1 saturated heterocycles. The third kappa shape index (κ3) is 5.34. The van der Waals surface area contributed by atoms with Gasteiger partial charge in [0.15, 0.2) is 0 Å². The van der Waals surface area contributed by atoms with Gasteiger partial charge in [-0.3, -0.25) is 9.78 Å². The lowest BCUT2D eigenvalue weighted by molar-refractivity contribution is -0.137. The SMILES string of the molecule is CN(C(=O)c1ccc(C(F)(F)F)cn1)[C@@H]1CCNC[C@H]1c1ccc(Cl)c(Cl)c1.Cl. The van der Waals surface area contributed by atoms with E-state index >= 15 is 0 Å². The van der Waals surface area contributed by atoms with Gasteiger partial charge in [0.25, 0.3) is 5.91 Å². The Kier molecular flexibility index (Phi) is 7.79. The Labute approximate surface area is 182 Å². The largest absolute Gasteiger partial charge is 0.417 e. The van der Waals surface area contributed by atoms with Crippen LogP contribution in [0.15, 0.2) is 36.5 Å². The van der Waals surface area contributed by atoms with E-state index in [1.54, 1.807) is 24.1 Å². The Morgan fingerprint density at radius 3 is 2.52 bits per heavy atom. The molecule has 2 heterocycles. The van der Waals surface area contributed by atoms with Crippen LogP contribution in [0, 0.1) is 0 Å². The molecule has 1 aromatic carbocycles. The molecule has 158 valence electrons. The van der Waals surface area contributed by atoms with Gasteiger partial charge in [0, 0.05) is 31.7 Å². The highest BCUT2D eigenvalue weighted by Crippen LogP contribution is 2.33. The molecule has 2 aromatic rings. The van der Waals surface area contributed by atoms with Crippen LogP contribution in [0.5, 0.6) is 0 Å². The first-order chi connectivity index (χ1) is 13.2. The van der Waals surface area contributed by atoms with Crippen LogP contribution in [0.4, 0.5) is 13.2 Å². The van der Waals surface area contributed by atoms with Crippen molar-refractivity contribution in [3.63, 3.8) is 0 Å². The molecule has 0 unspecified atom stereocenters. The quantitative estimate of drug-likeness (QED) is 0.686. The lowest BCUT2D eigenvalue weighted by Crippen LogP contribution is -2.49. The Bertz CT molecular complexity index is 862. The second-order valence-corrected chi connectivity index (χ2v) is 7.50. The molecule has 1 aromatic heterocycles. The fourth-order valence-electron chi connectivity index (χ4n) is 3.41. The number of carbonyl (C=O) groups excluding carboxylic acids is 1. The van der Waals surface area contributed by atoms with E-state index in [-0.39, 0.29) is 30.1 Å². The number of nitrogens with zero attached hydrogens (tertiary/aromatic N) is 2. The number of benzene rings is 1. The molecule has 0 aliphatic carbocycles. The van der Waals surface area contributed by atoms with Gasteiger partial charge in [-0.15, -0.1) is 12.4 Å². The zero-order valence-corrected chi connectivity index (χ0v) is 17.7. The van der Waals surface area contributed by atoms with Crippen LogP contribution in [0.1, 0.15) is 34.0 Å². The molecular formula is C19H19Cl3F3N3O. The number of halogens is 6. The Balaban J connectivity index is 0.00000300. The summed E-state index contributed by atoms with van der Waals surface area (Å²) in [6, 6.07) is 7.18. The average molecular weight is 469 g/mol. The maximum atomic E-state index is 12.8. The van der Waals surface area contributed by atoms with Crippen molar-refractivity contribution in [2.24, 2.45) is 0 Å². The highest BCUT2D eigenvalue weighted by Gasteiger charge is 2.34. The summed E-state index contributed by atoms with van der Waals surface area (Å²) in [4.78, 5) is 18.1. The van der Waals surface area contributed by atoms with E-state index < -0.39 is 17.6 Å². The zero-order valence-electron chi connectivity index (χ0n) is 15.3. The molecule has 2 atom stereocenters. The van der Waals surface area contributed by atoms with Crippen molar-refractivity contribution < 1.29 is 18.0 Å². The maximum absolute atomic E-state index is 12.8. The number of nitrogens with one attached hydrogen (secondary N) is 1. The van der Waals surface area contributed by atoms with Crippen molar-refractivity contribution in [1.29, 1.82) is 0 Å². The number of alkyl halides is 3. The Hall–Kier alpha value is -1.54. The number of rotatable bonds is 3. The molecule has 3 rings (SSSR count). The first kappa shape index (κ1) is 23.7. The number of pyridine rings is 1. The number of piperidine rings is 1. The van der Waals surface area contributed by atoms with Gasteiger partial charge in [0.05, 0.1) is 15.6 Å². The van der Waals surface area contributed by atoms with Crippen molar-refractivity contribution in [2.75, 3.05) is 20.1 Å². The molecule has 0 saturated carbocycles. The first-order valence-electron chi connectivity index (χ1n) is 8.64. The molecule has 0 bridgehead atoms. The maximum Gasteiger partial charge on any atom is 0.417 e. The number of hydrogen-bond acceptors (Lipinski definition) is 3. The van der Waals surface area contributed by atoms with Crippen molar-refractivity contribution in [2.45, 2.75) is 24.6 Å². The van der Waals surface area contributed by atoms with Crippen molar-refractivity contribution in [1.82, 2.24) is 15.2 Å². The van der Waals surface area contributed by atoms with Gasteiger partial charge in [0.1, 0.15) is 5.69 Å². The molecule has 1 N–H and O–H groups in total. The molecule has 0 radical (unpaired) electrons. The summed E-state index contributed by atoms with van der Waals surface area (Å²) in [5, 5.41) is 4.18. The van der Waals surface area contributed by atoms with E-state index in [1.165, 1.54) is 0 Å². The van der Waals surface area contributed by atoms with Crippen molar-refractivity contribution in [3.8, 4) is 0 Å². The highest BCUT2D eigenvalue weighted by molar-refractivity contribution is 6.42. The molecule has 4 nitrogen and oxygen atoms in total. The van der Waals surface area contributed by atoms with Crippen LogP contribution in [0.3, 0.4) is 0 Å². The van der Waals surface area contributed by atoms with Crippen LogP contribution >= 0.6 is 35.6 Å². The Morgan fingerprint density at radius 2 is 1.93 bits per heavy atom. The van der Waals surface area contributed by atoms with E-state index in [9.17, 15) is 18.0 Å². The van der Waals surface area contributed by atoms with Crippen LogP contribution in [0.25, 0.3) is 0 Å². The van der Waals surface area contributed by atoms with Crippen LogP contribution in [0.2, 0.25) is 10.0 Å². The van der Waals surface area contributed by atoms with E-state index in [2.05, 4.69) is 10.3 Å².